The molecule has 9 heteroatoms. The summed E-state index contributed by atoms with van der Waals surface area (Å²) in [6, 6.07) is 1.77. The van der Waals surface area contributed by atoms with Gasteiger partial charge >= 0.3 is 5.69 Å². The minimum Gasteiger partial charge on any atom is -0.337 e. The molecule has 1 unspecified atom stereocenters. The summed E-state index contributed by atoms with van der Waals surface area (Å²) in [5, 5.41) is 11.5. The molecule has 9 nitrogen and oxygen atoms in total. The highest BCUT2D eigenvalue weighted by molar-refractivity contribution is 5.92. The van der Waals surface area contributed by atoms with Gasteiger partial charge in [-0.25, -0.2) is 9.48 Å². The lowest BCUT2D eigenvalue weighted by Gasteiger charge is -2.31. The Kier molecular flexibility index (Phi) is 5.79. The molecule has 1 aliphatic heterocycles. The average Bonchev–Trinajstić information content (AvgIpc) is 3.22. The third-order valence-corrected chi connectivity index (χ3v) is 5.03. The first-order chi connectivity index (χ1) is 12.9. The van der Waals surface area contributed by atoms with Crippen molar-refractivity contribution in [2.45, 2.75) is 45.7 Å². The number of likely N-dealkylation sites (tertiary alicyclic amines) is 1. The summed E-state index contributed by atoms with van der Waals surface area (Å²) in [4.78, 5) is 29.3. The SMILES string of the molecule is CCn1c(C2CCCN(C(=O)c3cc(C)[nH]n3)C2)nn(CCN(C)C)c1=O. The van der Waals surface area contributed by atoms with E-state index in [-0.39, 0.29) is 17.5 Å². The van der Waals surface area contributed by atoms with Crippen LogP contribution in [-0.2, 0) is 13.1 Å². The molecule has 0 radical (unpaired) electrons. The van der Waals surface area contributed by atoms with Gasteiger partial charge in [-0.1, -0.05) is 0 Å². The van der Waals surface area contributed by atoms with Gasteiger partial charge in [0.05, 0.1) is 6.54 Å². The normalized spacial score (nSPS) is 17.7. The molecule has 1 fully saturated rings. The molecule has 0 aromatic carbocycles. The van der Waals surface area contributed by atoms with Gasteiger partial charge in [-0.2, -0.15) is 10.2 Å². The number of nitrogens with one attached hydrogen (secondary N) is 1. The van der Waals surface area contributed by atoms with Gasteiger partial charge in [0, 0.05) is 37.8 Å². The van der Waals surface area contributed by atoms with E-state index in [1.165, 1.54) is 0 Å². The first-order valence-corrected chi connectivity index (χ1v) is 9.54. The van der Waals surface area contributed by atoms with Gasteiger partial charge < -0.3 is 9.80 Å². The molecule has 0 bridgehead atoms. The second-order valence-corrected chi connectivity index (χ2v) is 7.44. The molecule has 0 spiro atoms. The van der Waals surface area contributed by atoms with Crippen molar-refractivity contribution in [3.63, 3.8) is 0 Å². The number of aromatic nitrogens is 5. The van der Waals surface area contributed by atoms with Gasteiger partial charge in [0.15, 0.2) is 0 Å². The van der Waals surface area contributed by atoms with Crippen LogP contribution < -0.4 is 5.69 Å². The highest BCUT2D eigenvalue weighted by atomic mass is 16.2. The fourth-order valence-corrected chi connectivity index (χ4v) is 3.56. The van der Waals surface area contributed by atoms with Crippen molar-refractivity contribution in [1.29, 1.82) is 0 Å². The summed E-state index contributed by atoms with van der Waals surface area (Å²) < 4.78 is 3.30. The van der Waals surface area contributed by atoms with Gasteiger partial charge in [0.25, 0.3) is 5.91 Å². The maximum Gasteiger partial charge on any atom is 0.345 e. The molecule has 1 aliphatic rings. The van der Waals surface area contributed by atoms with E-state index >= 15 is 0 Å². The van der Waals surface area contributed by atoms with E-state index in [1.54, 1.807) is 15.3 Å². The van der Waals surface area contributed by atoms with Crippen LogP contribution in [0, 0.1) is 6.92 Å². The van der Waals surface area contributed by atoms with Crippen molar-refractivity contribution in [2.75, 3.05) is 33.7 Å². The van der Waals surface area contributed by atoms with Gasteiger partial charge in [0.2, 0.25) is 0 Å². The number of hydrogen-bond acceptors (Lipinski definition) is 5. The smallest absolute Gasteiger partial charge is 0.337 e. The molecule has 2 aromatic rings. The lowest BCUT2D eigenvalue weighted by Crippen LogP contribution is -2.40. The Bertz CT molecular complexity index is 848. The van der Waals surface area contributed by atoms with Gasteiger partial charge in [-0.05, 0) is 46.9 Å². The Balaban J connectivity index is 1.80. The summed E-state index contributed by atoms with van der Waals surface area (Å²) >= 11 is 0. The molecular weight excluding hydrogens is 346 g/mol. The van der Waals surface area contributed by atoms with E-state index in [4.69, 9.17) is 0 Å². The maximum atomic E-state index is 12.7. The molecule has 27 heavy (non-hydrogen) atoms. The van der Waals surface area contributed by atoms with E-state index < -0.39 is 0 Å². The third kappa shape index (κ3) is 4.13. The summed E-state index contributed by atoms with van der Waals surface area (Å²) in [5.74, 6) is 0.787. The molecule has 0 saturated carbocycles. The average molecular weight is 375 g/mol. The molecule has 3 rings (SSSR count). The summed E-state index contributed by atoms with van der Waals surface area (Å²) in [6.07, 6.45) is 1.82. The minimum absolute atomic E-state index is 0.0657. The first-order valence-electron chi connectivity index (χ1n) is 9.54. The fourth-order valence-electron chi connectivity index (χ4n) is 3.56. The van der Waals surface area contributed by atoms with Crippen LogP contribution in [0.2, 0.25) is 0 Å². The Morgan fingerprint density at radius 3 is 2.81 bits per heavy atom. The molecular formula is C18H29N7O2. The van der Waals surface area contributed by atoms with Crippen molar-refractivity contribution >= 4 is 5.91 Å². The number of rotatable bonds is 6. The standard InChI is InChI=1S/C18H29N7O2/c1-5-24-16(21-25(18(24)27)10-9-22(3)4)14-7-6-8-23(12-14)17(26)15-11-13(2)19-20-15/h11,14H,5-10,12H2,1-4H3,(H,19,20). The van der Waals surface area contributed by atoms with Crippen LogP contribution in [0.15, 0.2) is 10.9 Å². The minimum atomic E-state index is -0.0688. The topological polar surface area (TPSA) is 92.1 Å². The lowest BCUT2D eigenvalue weighted by molar-refractivity contribution is 0.0697. The molecule has 1 saturated heterocycles. The number of piperidine rings is 1. The van der Waals surface area contributed by atoms with E-state index in [0.717, 1.165) is 30.9 Å². The van der Waals surface area contributed by atoms with Crippen LogP contribution in [-0.4, -0.2) is 74.0 Å². The number of nitrogens with zero attached hydrogens (tertiary/aromatic N) is 6. The molecule has 0 aliphatic carbocycles. The highest BCUT2D eigenvalue weighted by Gasteiger charge is 2.30. The first kappa shape index (κ1) is 19.3. The maximum absolute atomic E-state index is 12.7. The Hall–Kier alpha value is -2.42. The highest BCUT2D eigenvalue weighted by Crippen LogP contribution is 2.26. The van der Waals surface area contributed by atoms with Crippen molar-refractivity contribution in [2.24, 2.45) is 0 Å². The van der Waals surface area contributed by atoms with Crippen LogP contribution in [0.1, 0.15) is 47.7 Å². The third-order valence-electron chi connectivity index (χ3n) is 5.03. The number of hydrogen-bond donors (Lipinski definition) is 1. The number of H-pyrrole nitrogens is 1. The zero-order valence-corrected chi connectivity index (χ0v) is 16.6. The molecule has 1 amide bonds. The van der Waals surface area contributed by atoms with Crippen molar-refractivity contribution in [3.05, 3.63) is 33.8 Å². The second-order valence-electron chi connectivity index (χ2n) is 7.44. The zero-order valence-electron chi connectivity index (χ0n) is 16.6. The van der Waals surface area contributed by atoms with Crippen molar-refractivity contribution in [1.82, 2.24) is 34.3 Å². The number of carbonyl (C=O) groups excluding carboxylic acids is 1. The second kappa shape index (κ2) is 8.08. The van der Waals surface area contributed by atoms with Crippen LogP contribution in [0.4, 0.5) is 0 Å². The van der Waals surface area contributed by atoms with E-state index in [2.05, 4.69) is 15.3 Å². The number of likely N-dealkylation sites (N-methyl/N-ethyl adjacent to an activating group) is 1. The fraction of sp³-hybridized carbons (Fsp3) is 0.667. The van der Waals surface area contributed by atoms with E-state index in [9.17, 15) is 9.59 Å². The van der Waals surface area contributed by atoms with Gasteiger partial charge in [-0.15, -0.1) is 0 Å². The molecule has 3 heterocycles. The molecule has 1 atom stereocenters. The van der Waals surface area contributed by atoms with Crippen LogP contribution >= 0.6 is 0 Å². The number of aromatic amines is 1. The van der Waals surface area contributed by atoms with Crippen LogP contribution in [0.3, 0.4) is 0 Å². The Labute approximate surface area is 159 Å². The lowest BCUT2D eigenvalue weighted by atomic mass is 9.97. The molecule has 148 valence electrons. The quantitative estimate of drug-likeness (QED) is 0.801. The number of amides is 1. The predicted molar refractivity (Wildman–Crippen MR) is 102 cm³/mol. The van der Waals surface area contributed by atoms with Gasteiger partial charge in [0.1, 0.15) is 11.5 Å². The summed E-state index contributed by atoms with van der Waals surface area (Å²) in [7, 11) is 3.95. The van der Waals surface area contributed by atoms with Gasteiger partial charge in [-0.3, -0.25) is 14.5 Å². The van der Waals surface area contributed by atoms with Crippen molar-refractivity contribution < 1.29 is 4.79 Å². The van der Waals surface area contributed by atoms with Crippen LogP contribution in [0.5, 0.6) is 0 Å². The largest absolute Gasteiger partial charge is 0.345 e. The number of carbonyl (C=O) groups is 1. The molecule has 1 N–H and O–H groups in total. The predicted octanol–water partition coefficient (Wildman–Crippen LogP) is 0.678. The summed E-state index contributed by atoms with van der Waals surface area (Å²) in [5.41, 5.74) is 1.24. The monoisotopic (exact) mass is 375 g/mol. The van der Waals surface area contributed by atoms with E-state index in [0.29, 0.717) is 31.9 Å². The number of aryl methyl sites for hydroxylation is 1. The Morgan fingerprint density at radius 2 is 2.19 bits per heavy atom. The van der Waals surface area contributed by atoms with Crippen LogP contribution in [0.25, 0.3) is 0 Å². The summed E-state index contributed by atoms with van der Waals surface area (Å²) in [6.45, 7) is 7.01. The Morgan fingerprint density at radius 1 is 1.41 bits per heavy atom. The van der Waals surface area contributed by atoms with Crippen molar-refractivity contribution in [3.8, 4) is 0 Å². The van der Waals surface area contributed by atoms with E-state index in [1.807, 2.05) is 37.7 Å². The molecule has 2 aromatic heterocycles. The zero-order chi connectivity index (χ0) is 19.6.